The van der Waals surface area contributed by atoms with Gasteiger partial charge in [-0.2, -0.15) is 0 Å². The van der Waals surface area contributed by atoms with Crippen LogP contribution >= 0.6 is 0 Å². The number of terminal acetylenes is 1. The first-order chi connectivity index (χ1) is 16.5. The average molecular weight is 481 g/mol. The van der Waals surface area contributed by atoms with Crippen molar-refractivity contribution in [2.24, 2.45) is 0 Å². The van der Waals surface area contributed by atoms with Crippen LogP contribution in [-0.4, -0.2) is 75.2 Å². The van der Waals surface area contributed by atoms with Crippen LogP contribution in [0.2, 0.25) is 0 Å². The van der Waals surface area contributed by atoms with Gasteiger partial charge in [-0.05, 0) is 59.4 Å². The molecule has 0 aromatic rings. The van der Waals surface area contributed by atoms with E-state index in [1.54, 1.807) is 0 Å². The van der Waals surface area contributed by atoms with Crippen LogP contribution in [0.4, 0.5) is 0 Å². The Hall–Kier alpha value is -1.58. The van der Waals surface area contributed by atoms with Crippen molar-refractivity contribution in [1.82, 2.24) is 9.80 Å². The van der Waals surface area contributed by atoms with E-state index in [9.17, 15) is 9.59 Å². The van der Waals surface area contributed by atoms with E-state index in [-0.39, 0.29) is 18.5 Å². The van der Waals surface area contributed by atoms with Crippen LogP contribution in [-0.2, 0) is 19.1 Å². The van der Waals surface area contributed by atoms with Crippen LogP contribution in [0.5, 0.6) is 0 Å². The summed E-state index contributed by atoms with van der Waals surface area (Å²) in [4.78, 5) is 28.1. The van der Waals surface area contributed by atoms with Gasteiger partial charge in [-0.15, -0.1) is 6.42 Å². The summed E-state index contributed by atoms with van der Waals surface area (Å²) in [6.07, 6.45) is 21.1. The highest BCUT2D eigenvalue weighted by atomic mass is 16.5. The topological polar surface area (TPSA) is 59.1 Å². The summed E-state index contributed by atoms with van der Waals surface area (Å²) in [5.41, 5.74) is 0. The largest absolute Gasteiger partial charge is 0.466 e. The third-order valence-electron chi connectivity index (χ3n) is 5.89. The molecule has 0 aliphatic heterocycles. The molecule has 0 aliphatic rings. The molecule has 0 radical (unpaired) electrons. The zero-order chi connectivity index (χ0) is 25.3. The fraction of sp³-hybridized carbons (Fsp3) is 0.857. The van der Waals surface area contributed by atoms with Gasteiger partial charge in [0.1, 0.15) is 0 Å². The van der Waals surface area contributed by atoms with Gasteiger partial charge in [-0.3, -0.25) is 9.59 Å². The van der Waals surface area contributed by atoms with Gasteiger partial charge in [0.25, 0.3) is 0 Å². The molecule has 0 heterocycles. The first-order valence-corrected chi connectivity index (χ1v) is 13.6. The smallest absolute Gasteiger partial charge is 0.308 e. The Morgan fingerprint density at radius 1 is 0.676 bits per heavy atom. The molecule has 0 rings (SSSR count). The fourth-order valence-electron chi connectivity index (χ4n) is 3.84. The Morgan fingerprint density at radius 2 is 1.26 bits per heavy atom. The third-order valence-corrected chi connectivity index (χ3v) is 5.89. The van der Waals surface area contributed by atoms with Gasteiger partial charge < -0.3 is 19.3 Å². The van der Waals surface area contributed by atoms with E-state index in [4.69, 9.17) is 15.9 Å². The summed E-state index contributed by atoms with van der Waals surface area (Å²) in [5.74, 6) is 2.06. The predicted octanol–water partition coefficient (Wildman–Crippen LogP) is 5.44. The van der Waals surface area contributed by atoms with Crippen molar-refractivity contribution in [3.05, 3.63) is 0 Å². The zero-order valence-corrected chi connectivity index (χ0v) is 22.5. The summed E-state index contributed by atoms with van der Waals surface area (Å²) in [6.45, 7) is 6.56. The standard InChI is InChI=1S/C28H52N2O4/c1-5-7-8-9-10-14-17-26-34-27(31)19-15-12-11-13-16-22-30(23-18-21-29(3)4)24-20-28(32)33-25-6-2/h2H,5,7-26H2,1,3-4H3. The molecule has 0 spiro atoms. The lowest BCUT2D eigenvalue weighted by atomic mass is 10.1. The Labute approximate surface area is 210 Å². The second-order valence-electron chi connectivity index (χ2n) is 9.47. The van der Waals surface area contributed by atoms with Crippen LogP contribution < -0.4 is 0 Å². The SMILES string of the molecule is C#CCOC(=O)CCN(CCCCCCCC(=O)OCCCCCCCCC)CCCN(C)C. The first kappa shape index (κ1) is 32.4. The molecule has 0 N–H and O–H groups in total. The maximum Gasteiger partial charge on any atom is 0.308 e. The van der Waals surface area contributed by atoms with E-state index < -0.39 is 0 Å². The highest BCUT2D eigenvalue weighted by molar-refractivity contribution is 5.69. The van der Waals surface area contributed by atoms with Gasteiger partial charge in [0.2, 0.25) is 0 Å². The first-order valence-electron chi connectivity index (χ1n) is 13.6. The fourth-order valence-corrected chi connectivity index (χ4v) is 3.84. The molecule has 34 heavy (non-hydrogen) atoms. The van der Waals surface area contributed by atoms with Crippen molar-refractivity contribution in [2.45, 2.75) is 103 Å². The number of unbranched alkanes of at least 4 members (excludes halogenated alkanes) is 10. The summed E-state index contributed by atoms with van der Waals surface area (Å²) < 4.78 is 10.3. The Balaban J connectivity index is 3.79. The lowest BCUT2D eigenvalue weighted by Crippen LogP contribution is -2.31. The van der Waals surface area contributed by atoms with Gasteiger partial charge >= 0.3 is 11.9 Å². The lowest BCUT2D eigenvalue weighted by molar-refractivity contribution is -0.144. The Morgan fingerprint density at radius 3 is 1.94 bits per heavy atom. The van der Waals surface area contributed by atoms with Crippen molar-refractivity contribution >= 4 is 11.9 Å². The molecule has 0 aromatic heterocycles. The van der Waals surface area contributed by atoms with Crippen LogP contribution in [0.15, 0.2) is 0 Å². The maximum absolute atomic E-state index is 11.9. The molecule has 0 saturated carbocycles. The minimum atomic E-state index is -0.227. The minimum absolute atomic E-state index is 0.0465. The number of hydrogen-bond acceptors (Lipinski definition) is 6. The molecule has 0 aromatic carbocycles. The molecule has 0 aliphatic carbocycles. The molecule has 0 atom stereocenters. The monoisotopic (exact) mass is 480 g/mol. The van der Waals surface area contributed by atoms with Gasteiger partial charge in [-0.1, -0.05) is 70.6 Å². The van der Waals surface area contributed by atoms with Crippen LogP contribution in [0.3, 0.4) is 0 Å². The van der Waals surface area contributed by atoms with Gasteiger partial charge in [-0.25, -0.2) is 0 Å². The van der Waals surface area contributed by atoms with E-state index in [0.29, 0.717) is 26.0 Å². The second kappa shape index (κ2) is 24.5. The highest BCUT2D eigenvalue weighted by Crippen LogP contribution is 2.10. The molecule has 0 amide bonds. The van der Waals surface area contributed by atoms with Crippen LogP contribution in [0.1, 0.15) is 103 Å². The molecule has 0 saturated heterocycles. The molecular formula is C28H52N2O4. The molecule has 0 fully saturated rings. The Bertz CT molecular complexity index is 531. The normalized spacial score (nSPS) is 11.1. The summed E-state index contributed by atoms with van der Waals surface area (Å²) in [5, 5.41) is 0. The number of rotatable bonds is 24. The molecule has 6 nitrogen and oxygen atoms in total. The van der Waals surface area contributed by atoms with E-state index in [2.05, 4.69) is 36.7 Å². The quantitative estimate of drug-likeness (QED) is 0.104. The van der Waals surface area contributed by atoms with Crippen LogP contribution in [0, 0.1) is 12.3 Å². The van der Waals surface area contributed by atoms with Crippen molar-refractivity contribution < 1.29 is 19.1 Å². The molecule has 0 unspecified atom stereocenters. The lowest BCUT2D eigenvalue weighted by Gasteiger charge is -2.22. The van der Waals surface area contributed by atoms with E-state index in [1.165, 1.54) is 32.1 Å². The molecule has 6 heteroatoms. The predicted molar refractivity (Wildman–Crippen MR) is 141 cm³/mol. The molecule has 0 bridgehead atoms. The van der Waals surface area contributed by atoms with Crippen molar-refractivity contribution in [2.75, 3.05) is 53.5 Å². The van der Waals surface area contributed by atoms with Crippen molar-refractivity contribution in [3.63, 3.8) is 0 Å². The highest BCUT2D eigenvalue weighted by Gasteiger charge is 2.09. The second-order valence-corrected chi connectivity index (χ2v) is 9.47. The number of nitrogens with zero attached hydrogens (tertiary/aromatic N) is 2. The number of ether oxygens (including phenoxy) is 2. The van der Waals surface area contributed by atoms with E-state index >= 15 is 0 Å². The average Bonchev–Trinajstić information content (AvgIpc) is 2.81. The van der Waals surface area contributed by atoms with E-state index in [0.717, 1.165) is 71.0 Å². The minimum Gasteiger partial charge on any atom is -0.466 e. The zero-order valence-electron chi connectivity index (χ0n) is 22.5. The number of carbonyl (C=O) groups is 2. The number of carbonyl (C=O) groups excluding carboxylic acids is 2. The summed E-state index contributed by atoms with van der Waals surface area (Å²) >= 11 is 0. The third kappa shape index (κ3) is 23.6. The molecule has 198 valence electrons. The van der Waals surface area contributed by atoms with Gasteiger partial charge in [0, 0.05) is 13.0 Å². The van der Waals surface area contributed by atoms with Crippen molar-refractivity contribution in [1.29, 1.82) is 0 Å². The van der Waals surface area contributed by atoms with Crippen molar-refractivity contribution in [3.8, 4) is 12.3 Å². The van der Waals surface area contributed by atoms with E-state index in [1.807, 2.05) is 0 Å². The number of esters is 2. The number of hydrogen-bond donors (Lipinski definition) is 0. The molecular weight excluding hydrogens is 428 g/mol. The summed E-state index contributed by atoms with van der Waals surface area (Å²) in [7, 11) is 4.15. The van der Waals surface area contributed by atoms with Gasteiger partial charge in [0.05, 0.1) is 13.0 Å². The summed E-state index contributed by atoms with van der Waals surface area (Å²) in [6, 6.07) is 0. The van der Waals surface area contributed by atoms with Crippen LogP contribution in [0.25, 0.3) is 0 Å². The maximum atomic E-state index is 11.9. The van der Waals surface area contributed by atoms with Gasteiger partial charge in [0.15, 0.2) is 6.61 Å². The Kier molecular flexibility index (Phi) is 23.4.